The number of carbonyl (C=O) groups is 1. The van der Waals surface area contributed by atoms with Crippen LogP contribution in [0.2, 0.25) is 5.02 Å². The van der Waals surface area contributed by atoms with Crippen LogP contribution in [0.1, 0.15) is 20.8 Å². The summed E-state index contributed by atoms with van der Waals surface area (Å²) in [5.41, 5.74) is 5.69. The fourth-order valence-corrected chi connectivity index (χ4v) is 1.76. The van der Waals surface area contributed by atoms with Gasteiger partial charge in [-0.1, -0.05) is 44.5 Å². The van der Waals surface area contributed by atoms with Gasteiger partial charge in [0.2, 0.25) is 5.91 Å². The van der Waals surface area contributed by atoms with Gasteiger partial charge in [-0.3, -0.25) is 4.79 Å². The highest BCUT2D eigenvalue weighted by Gasteiger charge is 2.29. The van der Waals surface area contributed by atoms with Crippen molar-refractivity contribution < 1.29 is 9.53 Å². The summed E-state index contributed by atoms with van der Waals surface area (Å²) in [5.74, 6) is 0.537. The van der Waals surface area contributed by atoms with Gasteiger partial charge >= 0.3 is 0 Å². The Bertz CT molecular complexity index is 461. The lowest BCUT2D eigenvalue weighted by Gasteiger charge is -2.30. The third-order valence-electron chi connectivity index (χ3n) is 3.10. The Labute approximate surface area is 138 Å². The minimum atomic E-state index is -0.521. The number of likely N-dealkylation sites (N-methyl/N-ethyl adjacent to an activating group) is 1. The zero-order valence-electron chi connectivity index (χ0n) is 12.9. The third-order valence-corrected chi connectivity index (χ3v) is 3.41. The predicted octanol–water partition coefficient (Wildman–Crippen LogP) is 2.97. The van der Waals surface area contributed by atoms with Gasteiger partial charge in [-0.25, -0.2) is 0 Å². The molecule has 6 heteroatoms. The van der Waals surface area contributed by atoms with Gasteiger partial charge < -0.3 is 15.4 Å². The lowest BCUT2D eigenvalue weighted by molar-refractivity contribution is -0.133. The maximum Gasteiger partial charge on any atom is 0.239 e. The highest BCUT2D eigenvalue weighted by atomic mass is 35.5. The summed E-state index contributed by atoms with van der Waals surface area (Å²) in [6.07, 6.45) is 0. The van der Waals surface area contributed by atoms with Gasteiger partial charge in [-0.05, 0) is 17.5 Å². The van der Waals surface area contributed by atoms with Crippen LogP contribution in [0.4, 0.5) is 0 Å². The Balaban J connectivity index is 0.00000400. The van der Waals surface area contributed by atoms with E-state index in [0.717, 1.165) is 0 Å². The van der Waals surface area contributed by atoms with E-state index in [2.05, 4.69) is 0 Å². The molecular weight excluding hydrogens is 311 g/mol. The Kier molecular flexibility index (Phi) is 8.08. The van der Waals surface area contributed by atoms with Crippen LogP contribution in [-0.2, 0) is 4.79 Å². The first-order valence-electron chi connectivity index (χ1n) is 6.61. The smallest absolute Gasteiger partial charge is 0.239 e. The highest BCUT2D eigenvalue weighted by molar-refractivity contribution is 6.32. The molecule has 0 bridgehead atoms. The molecule has 1 aromatic carbocycles. The second-order valence-electron chi connectivity index (χ2n) is 5.88. The number of hydrogen-bond donors (Lipinski definition) is 1. The van der Waals surface area contributed by atoms with Crippen LogP contribution in [-0.4, -0.2) is 37.0 Å². The maximum atomic E-state index is 12.1. The SMILES string of the molecule is CN(CCOc1ccccc1Cl)C(=O)[C@@H](N)C(C)(C)C.Cl. The first-order valence-corrected chi connectivity index (χ1v) is 6.99. The molecular formula is C15H24Cl2N2O2. The molecule has 0 aromatic heterocycles. The highest BCUT2D eigenvalue weighted by Crippen LogP contribution is 2.23. The van der Waals surface area contributed by atoms with Crippen LogP contribution in [0.5, 0.6) is 5.75 Å². The molecule has 4 nitrogen and oxygen atoms in total. The lowest BCUT2D eigenvalue weighted by Crippen LogP contribution is -2.49. The second kappa shape index (κ2) is 8.47. The van der Waals surface area contributed by atoms with E-state index in [0.29, 0.717) is 23.9 Å². The number of amides is 1. The predicted molar refractivity (Wildman–Crippen MR) is 89.3 cm³/mol. The number of carbonyl (C=O) groups excluding carboxylic acids is 1. The molecule has 0 aliphatic rings. The molecule has 0 saturated carbocycles. The topological polar surface area (TPSA) is 55.6 Å². The quantitative estimate of drug-likeness (QED) is 0.900. The third kappa shape index (κ3) is 6.12. The molecule has 1 amide bonds. The van der Waals surface area contributed by atoms with E-state index in [9.17, 15) is 4.79 Å². The molecule has 1 atom stereocenters. The number of para-hydroxylation sites is 1. The molecule has 0 radical (unpaired) electrons. The molecule has 0 saturated heterocycles. The van der Waals surface area contributed by atoms with Gasteiger partial charge in [0.15, 0.2) is 0 Å². The summed E-state index contributed by atoms with van der Waals surface area (Å²) in [5, 5.41) is 0.563. The van der Waals surface area contributed by atoms with Gasteiger partial charge in [0.25, 0.3) is 0 Å². The molecule has 21 heavy (non-hydrogen) atoms. The Hall–Kier alpha value is -0.970. The van der Waals surface area contributed by atoms with E-state index >= 15 is 0 Å². The molecule has 0 unspecified atom stereocenters. The summed E-state index contributed by atoms with van der Waals surface area (Å²) in [7, 11) is 1.73. The fraction of sp³-hybridized carbons (Fsp3) is 0.533. The molecule has 0 fully saturated rings. The maximum absolute atomic E-state index is 12.1. The molecule has 1 aromatic rings. The molecule has 120 valence electrons. The Morgan fingerprint density at radius 2 is 1.95 bits per heavy atom. The van der Waals surface area contributed by atoms with E-state index in [1.807, 2.05) is 32.9 Å². The average Bonchev–Trinajstić information content (AvgIpc) is 2.38. The molecule has 0 spiro atoms. The number of nitrogens with two attached hydrogens (primary N) is 1. The van der Waals surface area contributed by atoms with Crippen molar-refractivity contribution in [2.24, 2.45) is 11.1 Å². The monoisotopic (exact) mass is 334 g/mol. The van der Waals surface area contributed by atoms with Crippen LogP contribution >= 0.6 is 24.0 Å². The van der Waals surface area contributed by atoms with Crippen molar-refractivity contribution in [3.05, 3.63) is 29.3 Å². The van der Waals surface area contributed by atoms with Gasteiger partial charge in [0.1, 0.15) is 12.4 Å². The molecule has 0 heterocycles. The fourth-order valence-electron chi connectivity index (χ4n) is 1.57. The number of hydrogen-bond acceptors (Lipinski definition) is 3. The Morgan fingerprint density at radius 3 is 2.48 bits per heavy atom. The van der Waals surface area contributed by atoms with Crippen LogP contribution in [0, 0.1) is 5.41 Å². The van der Waals surface area contributed by atoms with Gasteiger partial charge in [-0.15, -0.1) is 12.4 Å². The Morgan fingerprint density at radius 1 is 1.38 bits per heavy atom. The summed E-state index contributed by atoms with van der Waals surface area (Å²) in [4.78, 5) is 13.7. The zero-order valence-corrected chi connectivity index (χ0v) is 14.5. The minimum absolute atomic E-state index is 0. The van der Waals surface area contributed by atoms with Gasteiger partial charge in [0.05, 0.1) is 17.6 Å². The molecule has 2 N–H and O–H groups in total. The number of rotatable bonds is 5. The van der Waals surface area contributed by atoms with E-state index in [-0.39, 0.29) is 23.7 Å². The van der Waals surface area contributed by atoms with Gasteiger partial charge in [0, 0.05) is 7.05 Å². The standard InChI is InChI=1S/C15H23ClN2O2.ClH/c1-15(2,3)13(17)14(19)18(4)9-10-20-12-8-6-5-7-11(12)16;/h5-8,13H,9-10,17H2,1-4H3;1H/t13-;/m1./s1. The first-order chi connectivity index (χ1) is 9.23. The molecule has 0 aliphatic carbocycles. The van der Waals surface area contributed by atoms with Crippen molar-refractivity contribution in [1.29, 1.82) is 0 Å². The van der Waals surface area contributed by atoms with Crippen LogP contribution in [0.25, 0.3) is 0 Å². The van der Waals surface area contributed by atoms with Crippen LogP contribution in [0.3, 0.4) is 0 Å². The van der Waals surface area contributed by atoms with Crippen molar-refractivity contribution >= 4 is 29.9 Å². The van der Waals surface area contributed by atoms with Crippen molar-refractivity contribution in [1.82, 2.24) is 4.90 Å². The van der Waals surface area contributed by atoms with Crippen molar-refractivity contribution in [3.8, 4) is 5.75 Å². The van der Waals surface area contributed by atoms with Crippen molar-refractivity contribution in [2.75, 3.05) is 20.2 Å². The van der Waals surface area contributed by atoms with Crippen molar-refractivity contribution in [3.63, 3.8) is 0 Å². The summed E-state index contributed by atoms with van der Waals surface area (Å²) in [6, 6.07) is 6.73. The first kappa shape index (κ1) is 20.0. The largest absolute Gasteiger partial charge is 0.490 e. The molecule has 0 aliphatic heterocycles. The average molecular weight is 335 g/mol. The summed E-state index contributed by atoms with van der Waals surface area (Å²) < 4.78 is 5.56. The lowest BCUT2D eigenvalue weighted by atomic mass is 9.86. The summed E-state index contributed by atoms with van der Waals surface area (Å²) >= 11 is 5.99. The number of ether oxygens (including phenoxy) is 1. The van der Waals surface area contributed by atoms with E-state index in [1.165, 1.54) is 0 Å². The number of nitrogens with zero attached hydrogens (tertiary/aromatic N) is 1. The van der Waals surface area contributed by atoms with Crippen molar-refractivity contribution in [2.45, 2.75) is 26.8 Å². The van der Waals surface area contributed by atoms with E-state index in [4.69, 9.17) is 22.1 Å². The summed E-state index contributed by atoms with van der Waals surface area (Å²) in [6.45, 7) is 6.69. The number of benzene rings is 1. The zero-order chi connectivity index (χ0) is 15.3. The van der Waals surface area contributed by atoms with E-state index in [1.54, 1.807) is 24.1 Å². The van der Waals surface area contributed by atoms with Gasteiger partial charge in [-0.2, -0.15) is 0 Å². The molecule has 1 rings (SSSR count). The second-order valence-corrected chi connectivity index (χ2v) is 6.29. The van der Waals surface area contributed by atoms with Crippen LogP contribution in [0.15, 0.2) is 24.3 Å². The number of halogens is 2. The van der Waals surface area contributed by atoms with E-state index < -0.39 is 6.04 Å². The normalized spacial score (nSPS) is 12.3. The van der Waals surface area contributed by atoms with Crippen LogP contribution < -0.4 is 10.5 Å². The minimum Gasteiger partial charge on any atom is -0.490 e.